The molecule has 0 heterocycles. The van der Waals surface area contributed by atoms with Crippen LogP contribution in [-0.4, -0.2) is 30.6 Å². The highest BCUT2D eigenvalue weighted by Gasteiger charge is 2.25. The summed E-state index contributed by atoms with van der Waals surface area (Å²) in [7, 11) is 0. The maximum Gasteiger partial charge on any atom is 0.408 e. The van der Waals surface area contributed by atoms with Crippen molar-refractivity contribution in [3.05, 3.63) is 35.9 Å². The molecule has 6 nitrogen and oxygen atoms in total. The highest BCUT2D eigenvalue weighted by molar-refractivity contribution is 5.85. The fourth-order valence-corrected chi connectivity index (χ4v) is 1.99. The molecule has 2 atom stereocenters. The highest BCUT2D eigenvalue weighted by Crippen LogP contribution is 2.05. The summed E-state index contributed by atoms with van der Waals surface area (Å²) in [4.78, 5) is 24.2. The van der Waals surface area contributed by atoms with Gasteiger partial charge in [-0.05, 0) is 17.4 Å². The molecular formula is C18H29N3O3. The SMILES string of the molecule is CC(C)C(N)CNC(=O)C(NC(=O)OCc1ccccc1)C(C)C. The lowest BCUT2D eigenvalue weighted by Gasteiger charge is -2.23. The molecule has 4 N–H and O–H groups in total. The Morgan fingerprint density at radius 1 is 1.08 bits per heavy atom. The van der Waals surface area contributed by atoms with Gasteiger partial charge in [-0.2, -0.15) is 0 Å². The number of ether oxygens (including phenoxy) is 1. The van der Waals surface area contributed by atoms with E-state index in [0.717, 1.165) is 5.56 Å². The molecule has 1 aromatic carbocycles. The monoisotopic (exact) mass is 335 g/mol. The summed E-state index contributed by atoms with van der Waals surface area (Å²) in [5.41, 5.74) is 6.82. The molecule has 0 aromatic heterocycles. The van der Waals surface area contributed by atoms with E-state index in [1.54, 1.807) is 0 Å². The maximum atomic E-state index is 12.3. The van der Waals surface area contributed by atoms with Crippen LogP contribution in [0.4, 0.5) is 4.79 Å². The maximum absolute atomic E-state index is 12.3. The van der Waals surface area contributed by atoms with E-state index in [4.69, 9.17) is 10.5 Å². The number of amides is 2. The van der Waals surface area contributed by atoms with Crippen molar-refractivity contribution in [3.8, 4) is 0 Å². The van der Waals surface area contributed by atoms with E-state index < -0.39 is 12.1 Å². The molecule has 0 saturated carbocycles. The van der Waals surface area contributed by atoms with Crippen LogP contribution in [0, 0.1) is 11.8 Å². The number of benzene rings is 1. The predicted molar refractivity (Wildman–Crippen MR) is 94.2 cm³/mol. The molecule has 6 heteroatoms. The molecule has 0 fully saturated rings. The predicted octanol–water partition coefficient (Wildman–Crippen LogP) is 2.04. The second-order valence-electron chi connectivity index (χ2n) is 6.58. The van der Waals surface area contributed by atoms with Crippen LogP contribution in [0.25, 0.3) is 0 Å². The van der Waals surface area contributed by atoms with Gasteiger partial charge in [-0.3, -0.25) is 4.79 Å². The Morgan fingerprint density at radius 3 is 2.25 bits per heavy atom. The van der Waals surface area contributed by atoms with Gasteiger partial charge < -0.3 is 21.1 Å². The number of carbonyl (C=O) groups excluding carboxylic acids is 2. The smallest absolute Gasteiger partial charge is 0.408 e. The zero-order chi connectivity index (χ0) is 18.1. The average Bonchev–Trinajstić information content (AvgIpc) is 2.55. The van der Waals surface area contributed by atoms with E-state index in [1.165, 1.54) is 0 Å². The van der Waals surface area contributed by atoms with Gasteiger partial charge in [-0.25, -0.2) is 4.79 Å². The Kier molecular flexibility index (Phi) is 8.26. The van der Waals surface area contributed by atoms with Crippen LogP contribution in [0.15, 0.2) is 30.3 Å². The Balaban J connectivity index is 2.49. The molecule has 134 valence electrons. The number of nitrogens with two attached hydrogens (primary N) is 1. The van der Waals surface area contributed by atoms with Crippen molar-refractivity contribution in [2.75, 3.05) is 6.54 Å². The molecule has 0 aliphatic heterocycles. The van der Waals surface area contributed by atoms with E-state index >= 15 is 0 Å². The van der Waals surface area contributed by atoms with Crippen molar-refractivity contribution in [2.24, 2.45) is 17.6 Å². The minimum Gasteiger partial charge on any atom is -0.445 e. The second kappa shape index (κ2) is 9.93. The van der Waals surface area contributed by atoms with Crippen LogP contribution in [-0.2, 0) is 16.1 Å². The first-order valence-corrected chi connectivity index (χ1v) is 8.31. The second-order valence-corrected chi connectivity index (χ2v) is 6.58. The molecule has 2 amide bonds. The van der Waals surface area contributed by atoms with Gasteiger partial charge in [0.25, 0.3) is 0 Å². The number of alkyl carbamates (subject to hydrolysis) is 1. The number of hydrogen-bond acceptors (Lipinski definition) is 4. The Morgan fingerprint density at radius 2 is 1.71 bits per heavy atom. The Bertz CT molecular complexity index is 518. The summed E-state index contributed by atoms with van der Waals surface area (Å²) in [5.74, 6) is -0.0473. The van der Waals surface area contributed by atoms with Crippen LogP contribution >= 0.6 is 0 Å². The van der Waals surface area contributed by atoms with Crippen LogP contribution in [0.2, 0.25) is 0 Å². The topological polar surface area (TPSA) is 93.5 Å². The van der Waals surface area contributed by atoms with Crippen LogP contribution in [0.1, 0.15) is 33.3 Å². The molecule has 0 bridgehead atoms. The van der Waals surface area contributed by atoms with Crippen molar-refractivity contribution in [3.63, 3.8) is 0 Å². The highest BCUT2D eigenvalue weighted by atomic mass is 16.5. The molecule has 0 aliphatic rings. The fraction of sp³-hybridized carbons (Fsp3) is 0.556. The van der Waals surface area contributed by atoms with Crippen molar-refractivity contribution in [2.45, 2.75) is 46.4 Å². The average molecular weight is 335 g/mol. The fourth-order valence-electron chi connectivity index (χ4n) is 1.99. The van der Waals surface area contributed by atoms with Crippen molar-refractivity contribution in [1.29, 1.82) is 0 Å². The number of rotatable bonds is 8. The lowest BCUT2D eigenvalue weighted by atomic mass is 10.0. The van der Waals surface area contributed by atoms with Crippen molar-refractivity contribution < 1.29 is 14.3 Å². The van der Waals surface area contributed by atoms with Gasteiger partial charge in [0.05, 0.1) is 0 Å². The van der Waals surface area contributed by atoms with Gasteiger partial charge in [0, 0.05) is 12.6 Å². The molecule has 24 heavy (non-hydrogen) atoms. The van der Waals surface area contributed by atoms with E-state index in [2.05, 4.69) is 10.6 Å². The van der Waals surface area contributed by atoms with Gasteiger partial charge in [-0.15, -0.1) is 0 Å². The lowest BCUT2D eigenvalue weighted by molar-refractivity contribution is -0.124. The van der Waals surface area contributed by atoms with Gasteiger partial charge in [0.2, 0.25) is 5.91 Å². The zero-order valence-corrected chi connectivity index (χ0v) is 14.9. The first kappa shape index (κ1) is 20.0. The summed E-state index contributed by atoms with van der Waals surface area (Å²) in [5, 5.41) is 5.42. The van der Waals surface area contributed by atoms with Crippen molar-refractivity contribution in [1.82, 2.24) is 10.6 Å². The van der Waals surface area contributed by atoms with E-state index in [0.29, 0.717) is 6.54 Å². The van der Waals surface area contributed by atoms with E-state index in [1.807, 2.05) is 58.0 Å². The summed E-state index contributed by atoms with van der Waals surface area (Å²) < 4.78 is 5.17. The Labute approximate surface area is 144 Å². The summed E-state index contributed by atoms with van der Waals surface area (Å²) in [6.45, 7) is 8.26. The molecule has 0 saturated heterocycles. The van der Waals surface area contributed by atoms with E-state index in [-0.39, 0.29) is 30.4 Å². The third kappa shape index (κ3) is 7.00. The third-order valence-corrected chi connectivity index (χ3v) is 3.80. The van der Waals surface area contributed by atoms with Gasteiger partial charge in [0.15, 0.2) is 0 Å². The van der Waals surface area contributed by atoms with Crippen molar-refractivity contribution >= 4 is 12.0 Å². The first-order valence-electron chi connectivity index (χ1n) is 8.31. The molecule has 0 aliphatic carbocycles. The summed E-state index contributed by atoms with van der Waals surface area (Å²) in [6.07, 6.45) is -0.610. The number of nitrogens with one attached hydrogen (secondary N) is 2. The number of carbonyl (C=O) groups is 2. The number of hydrogen-bond donors (Lipinski definition) is 3. The minimum atomic E-state index is -0.660. The first-order chi connectivity index (χ1) is 11.3. The molecule has 2 unspecified atom stereocenters. The van der Waals surface area contributed by atoms with Crippen LogP contribution < -0.4 is 16.4 Å². The van der Waals surface area contributed by atoms with E-state index in [9.17, 15) is 9.59 Å². The molecular weight excluding hydrogens is 306 g/mol. The minimum absolute atomic E-state index is 0.0652. The van der Waals surface area contributed by atoms with Crippen LogP contribution in [0.3, 0.4) is 0 Å². The van der Waals surface area contributed by atoms with Gasteiger partial charge in [0.1, 0.15) is 12.6 Å². The summed E-state index contributed by atoms with van der Waals surface area (Å²) in [6, 6.07) is 8.60. The quantitative estimate of drug-likeness (QED) is 0.678. The van der Waals surface area contributed by atoms with Gasteiger partial charge in [-0.1, -0.05) is 58.0 Å². The third-order valence-electron chi connectivity index (χ3n) is 3.80. The van der Waals surface area contributed by atoms with Gasteiger partial charge >= 0.3 is 6.09 Å². The zero-order valence-electron chi connectivity index (χ0n) is 14.9. The molecule has 0 spiro atoms. The summed E-state index contributed by atoms with van der Waals surface area (Å²) >= 11 is 0. The standard InChI is InChI=1S/C18H29N3O3/c1-12(2)15(19)10-20-17(22)16(13(3)4)21-18(23)24-11-14-8-6-5-7-9-14/h5-9,12-13,15-16H,10-11,19H2,1-4H3,(H,20,22)(H,21,23). The van der Waals surface area contributed by atoms with Crippen LogP contribution in [0.5, 0.6) is 0 Å². The molecule has 0 radical (unpaired) electrons. The lowest BCUT2D eigenvalue weighted by Crippen LogP contribution is -2.52. The molecule has 1 aromatic rings. The largest absolute Gasteiger partial charge is 0.445 e. The molecule has 1 rings (SSSR count). The normalized spacial score (nSPS) is 13.5. The Hall–Kier alpha value is -2.08.